The molecule has 0 fully saturated rings. The molecular weight excluding hydrogens is 751 g/mol. The van der Waals surface area contributed by atoms with Gasteiger partial charge in [0.25, 0.3) is 0 Å². The maximum absolute atomic E-state index is 4.06. The van der Waals surface area contributed by atoms with Crippen LogP contribution >= 0.6 is 0 Å². The van der Waals surface area contributed by atoms with Crippen LogP contribution in [0.1, 0.15) is 97.5 Å². The summed E-state index contributed by atoms with van der Waals surface area (Å²) in [6.45, 7) is 14.1. The van der Waals surface area contributed by atoms with Gasteiger partial charge in [-0.2, -0.15) is 0 Å². The molecule has 1 atom stereocenters. The van der Waals surface area contributed by atoms with Crippen LogP contribution in [0.25, 0.3) is 34.4 Å². The van der Waals surface area contributed by atoms with Crippen LogP contribution < -0.4 is 35.3 Å². The van der Waals surface area contributed by atoms with Crippen molar-refractivity contribution < 1.29 is 51.0 Å². The normalized spacial score (nSPS) is 14.0. The first kappa shape index (κ1) is 39.5. The first-order valence-corrected chi connectivity index (χ1v) is 17.6. The maximum atomic E-state index is 4.06. The molecule has 0 nitrogen and oxygen atoms in total. The Kier molecular flexibility index (Phi) is 11.6. The number of halogens is 2. The van der Waals surface area contributed by atoms with Gasteiger partial charge in [0.05, 0.1) is 0 Å². The molecule has 0 N–H and O–H groups in total. The van der Waals surface area contributed by atoms with Crippen LogP contribution in [0.15, 0.2) is 140 Å². The fraction of sp³-hybridized carbons (Fsp3) is 0.184. The van der Waals surface area contributed by atoms with Gasteiger partial charge in [0.2, 0.25) is 0 Å². The average Bonchev–Trinajstić information content (AvgIpc) is 3.67. The van der Waals surface area contributed by atoms with Crippen molar-refractivity contribution in [1.82, 2.24) is 0 Å². The van der Waals surface area contributed by atoms with Crippen LogP contribution in [0.3, 0.4) is 0 Å². The van der Waals surface area contributed by atoms with Gasteiger partial charge in [-0.1, -0.05) is 198 Å². The van der Waals surface area contributed by atoms with Crippen molar-refractivity contribution in [2.24, 2.45) is 0 Å². The van der Waals surface area contributed by atoms with Gasteiger partial charge in [0.1, 0.15) is 0 Å². The summed E-state index contributed by atoms with van der Waals surface area (Å²) in [5.41, 5.74) is 16.7. The molecule has 0 saturated heterocycles. The third-order valence-electron chi connectivity index (χ3n) is 10.3. The molecule has 3 heteroatoms. The maximum Gasteiger partial charge on any atom is 3.00 e. The predicted molar refractivity (Wildman–Crippen MR) is 208 cm³/mol. The molecule has 0 saturated carbocycles. The van der Waals surface area contributed by atoms with Gasteiger partial charge in [-0.3, -0.25) is 0 Å². The van der Waals surface area contributed by atoms with E-state index in [1.54, 1.807) is 0 Å². The molecule has 0 heterocycles. The molecule has 0 amide bonds. The van der Waals surface area contributed by atoms with E-state index < -0.39 is 0 Å². The third kappa shape index (κ3) is 7.01. The minimum Gasteiger partial charge on any atom is -1.00 e. The van der Waals surface area contributed by atoms with Crippen molar-refractivity contribution in [3.8, 4) is 11.1 Å². The molecule has 257 valence electrons. The summed E-state index contributed by atoms with van der Waals surface area (Å²) in [7, 11) is 0. The summed E-state index contributed by atoms with van der Waals surface area (Å²) in [4.78, 5) is 0. The molecule has 1 unspecified atom stereocenters. The van der Waals surface area contributed by atoms with Crippen molar-refractivity contribution >= 4 is 23.3 Å². The molecule has 6 aromatic rings. The molecule has 0 aliphatic heterocycles. The second kappa shape index (κ2) is 15.3. The molecule has 2 aliphatic carbocycles. The van der Waals surface area contributed by atoms with Crippen LogP contribution in [-0.4, -0.2) is 0 Å². The van der Waals surface area contributed by atoms with Crippen molar-refractivity contribution in [3.63, 3.8) is 0 Å². The smallest absolute Gasteiger partial charge is 1.00 e. The number of hydrogen-bond donors (Lipinski definition) is 0. The largest absolute Gasteiger partial charge is 3.00 e. The van der Waals surface area contributed by atoms with Gasteiger partial charge in [0, 0.05) is 5.92 Å². The molecular formula is C49H43Cl2Zr. The Bertz CT molecular complexity index is 2340. The Labute approximate surface area is 341 Å². The van der Waals surface area contributed by atoms with Gasteiger partial charge < -0.3 is 24.8 Å². The Hall–Kier alpha value is -3.74. The van der Waals surface area contributed by atoms with Gasteiger partial charge >= 0.3 is 26.2 Å². The van der Waals surface area contributed by atoms with Crippen molar-refractivity contribution in [3.05, 3.63) is 200 Å². The van der Waals surface area contributed by atoms with E-state index in [2.05, 4.69) is 193 Å². The first-order chi connectivity index (χ1) is 23.6. The zero-order valence-electron chi connectivity index (χ0n) is 30.7. The Morgan fingerprint density at radius 3 is 1.71 bits per heavy atom. The van der Waals surface area contributed by atoms with Crippen LogP contribution in [0, 0.1) is 0 Å². The standard InChI is InChI=1S/C49H43.2ClH.Zr/c1-48(2,3)37-26-27-38-36(28-37)30-42-41(38)31-43(44(33-20-12-8-13-21-33)34-22-14-9-15-23-34)47(49(4,5)6)46(42)45-39-25-17-16-24-35(39)29-40(45)32-18-10-7-11-19-32;;;/h7-29,31,45H,1-6H3;2*1H;/q-1;;;+3/p-2. The van der Waals surface area contributed by atoms with E-state index in [1.165, 1.54) is 82.8 Å². The van der Waals surface area contributed by atoms with E-state index in [4.69, 9.17) is 0 Å². The Morgan fingerprint density at radius 1 is 0.577 bits per heavy atom. The summed E-state index contributed by atoms with van der Waals surface area (Å²) in [6, 6.07) is 51.5. The molecule has 2 aliphatic rings. The molecule has 52 heavy (non-hydrogen) atoms. The number of rotatable bonds is 4. The topological polar surface area (TPSA) is 0 Å². The third-order valence-corrected chi connectivity index (χ3v) is 10.3. The monoisotopic (exact) mass is 791 g/mol. The van der Waals surface area contributed by atoms with Gasteiger partial charge in [-0.25, -0.2) is 0 Å². The summed E-state index contributed by atoms with van der Waals surface area (Å²) < 4.78 is 0. The fourth-order valence-electron chi connectivity index (χ4n) is 8.03. The molecule has 0 bridgehead atoms. The van der Waals surface area contributed by atoms with E-state index in [0.29, 0.717) is 0 Å². The van der Waals surface area contributed by atoms with E-state index in [0.717, 1.165) is 0 Å². The van der Waals surface area contributed by atoms with Gasteiger partial charge in [0.15, 0.2) is 0 Å². The zero-order valence-corrected chi connectivity index (χ0v) is 34.7. The van der Waals surface area contributed by atoms with E-state index in [1.807, 2.05) is 0 Å². The van der Waals surface area contributed by atoms with Crippen LogP contribution in [0.4, 0.5) is 0 Å². The van der Waals surface area contributed by atoms with Crippen LogP contribution in [0.2, 0.25) is 0 Å². The molecule has 1 radical (unpaired) electrons. The minimum absolute atomic E-state index is 0. The van der Waals surface area contributed by atoms with E-state index >= 15 is 0 Å². The van der Waals surface area contributed by atoms with E-state index in [9.17, 15) is 0 Å². The second-order valence-corrected chi connectivity index (χ2v) is 15.7. The average molecular weight is 794 g/mol. The minimum atomic E-state index is -0.180. The van der Waals surface area contributed by atoms with Gasteiger partial charge in [-0.05, 0) is 55.0 Å². The number of allylic oxidation sites excluding steroid dienone is 1. The first-order valence-electron chi connectivity index (χ1n) is 17.6. The fourth-order valence-corrected chi connectivity index (χ4v) is 8.03. The van der Waals surface area contributed by atoms with E-state index in [-0.39, 0.29) is 67.8 Å². The number of benzene rings is 6. The predicted octanol–water partition coefficient (Wildman–Crippen LogP) is 4.91. The summed E-state index contributed by atoms with van der Waals surface area (Å²) in [6.07, 6.45) is 6.49. The zero-order chi connectivity index (χ0) is 33.9. The summed E-state index contributed by atoms with van der Waals surface area (Å²) in [5.74, 6) is 0.0539. The van der Waals surface area contributed by atoms with Crippen LogP contribution in [-0.2, 0) is 37.0 Å². The van der Waals surface area contributed by atoms with Gasteiger partial charge in [-0.15, -0.1) is 34.1 Å². The quantitative estimate of drug-likeness (QED) is 0.223. The second-order valence-electron chi connectivity index (χ2n) is 15.7. The molecule has 6 aromatic carbocycles. The van der Waals surface area contributed by atoms with Crippen molar-refractivity contribution in [2.45, 2.75) is 58.3 Å². The number of fused-ring (bicyclic) bond motifs is 4. The summed E-state index contributed by atoms with van der Waals surface area (Å²) >= 11 is 0. The molecule has 8 rings (SSSR count). The van der Waals surface area contributed by atoms with Crippen molar-refractivity contribution in [1.29, 1.82) is 0 Å². The Balaban J connectivity index is 0.00000174. The molecule has 0 aromatic heterocycles. The van der Waals surface area contributed by atoms with Crippen molar-refractivity contribution in [2.75, 3.05) is 0 Å². The van der Waals surface area contributed by atoms with Crippen LogP contribution in [0.5, 0.6) is 0 Å². The number of hydrogen-bond acceptors (Lipinski definition) is 0. The SMILES string of the molecule is CC(C)(C)c1ccc2c(c1)[C-]=c1c-2cc(=C(c2ccccc2)c2ccccc2)c(C(C)(C)C)c1C1C(c2ccccc2)=Cc2ccccc21.[Cl-].[Cl-].[Zr+3]. The summed E-state index contributed by atoms with van der Waals surface area (Å²) in [5, 5.41) is 2.53. The Morgan fingerprint density at radius 2 is 1.13 bits per heavy atom. The molecule has 0 spiro atoms.